The number of aliphatic hydroxyl groups is 2. The molecule has 5 fully saturated rings. The van der Waals surface area contributed by atoms with Gasteiger partial charge in [0.15, 0.2) is 18.9 Å². The van der Waals surface area contributed by atoms with Gasteiger partial charge in [-0.25, -0.2) is 4.57 Å². The average Bonchev–Trinajstić information content (AvgIpc) is 0.713. The number of carbonyl (C=O) groups excluding carboxylic acids is 1. The summed E-state index contributed by atoms with van der Waals surface area (Å²) in [5.41, 5.74) is 9.89. The van der Waals surface area contributed by atoms with Crippen LogP contribution < -0.4 is 5.32 Å². The molecule has 3 N–H and O–H groups in total. The number of fused-ring (bicyclic) bond motifs is 1. The Labute approximate surface area is 616 Å². The van der Waals surface area contributed by atoms with Gasteiger partial charge in [0.05, 0.1) is 104 Å². The number of nitrogens with one attached hydrogen (secondary N) is 1. The van der Waals surface area contributed by atoms with Gasteiger partial charge in [-0.2, -0.15) is 0 Å². The van der Waals surface area contributed by atoms with Crippen LogP contribution in [0, 0.1) is 0 Å². The quantitative estimate of drug-likeness (QED) is 0.00861. The highest BCUT2D eigenvalue weighted by Crippen LogP contribution is 2.58. The maximum Gasteiger partial charge on any atom is 0.475 e. The zero-order valence-electron chi connectivity index (χ0n) is 55.3. The van der Waals surface area contributed by atoms with Gasteiger partial charge < -0.3 is 81.8 Å². The van der Waals surface area contributed by atoms with E-state index < -0.39 is 151 Å². The summed E-state index contributed by atoms with van der Waals surface area (Å²) in [6.07, 6.45) is -22.0. The Bertz CT molecular complexity index is 3390. The molecule has 0 aliphatic carbocycles. The number of carbonyl (C=O) groups is 1. The molecule has 101 heavy (non-hydrogen) atoms. The molecular formula is C69H83Cl6N4O21P. The molecule has 10 rings (SSSR count). The first-order valence-corrected chi connectivity index (χ1v) is 36.8. The third-order valence-electron chi connectivity index (χ3n) is 17.3. The summed E-state index contributed by atoms with van der Waals surface area (Å²) in [7, 11) is -4.77. The van der Waals surface area contributed by atoms with E-state index in [4.69, 9.17) is 155 Å². The number of benzene rings is 5. The summed E-state index contributed by atoms with van der Waals surface area (Å²) in [5, 5.41) is 34.8. The lowest BCUT2D eigenvalue weighted by molar-refractivity contribution is -0.396. The van der Waals surface area contributed by atoms with E-state index in [2.05, 4.69) is 15.3 Å². The molecule has 0 saturated carbocycles. The van der Waals surface area contributed by atoms with Crippen LogP contribution in [-0.4, -0.2) is 193 Å². The largest absolute Gasteiger partial charge is 0.475 e. The zero-order chi connectivity index (χ0) is 71.4. The van der Waals surface area contributed by atoms with Crippen molar-refractivity contribution in [2.45, 2.75) is 177 Å². The average molecular weight is 1550 g/mol. The number of phosphoric ester groups is 1. The predicted molar refractivity (Wildman–Crippen MR) is 371 cm³/mol. The van der Waals surface area contributed by atoms with E-state index in [1.54, 1.807) is 13.8 Å². The Morgan fingerprint density at radius 1 is 0.614 bits per heavy atom. The highest BCUT2D eigenvalue weighted by atomic mass is 35.6. The molecule has 5 aliphatic heterocycles. The van der Waals surface area contributed by atoms with Gasteiger partial charge >= 0.3 is 7.82 Å². The fourth-order valence-corrected chi connectivity index (χ4v) is 14.2. The van der Waals surface area contributed by atoms with Gasteiger partial charge in [-0.3, -0.25) is 18.4 Å². The minimum Gasteiger partial charge on any atom is -0.387 e. The number of hydrogen-bond acceptors (Lipinski definition) is 22. The number of ether oxygens (including phenoxy) is 14. The van der Waals surface area contributed by atoms with Crippen LogP contribution in [0.1, 0.15) is 54.5 Å². The maximum atomic E-state index is 15.2. The molecule has 0 radical (unpaired) electrons. The van der Waals surface area contributed by atoms with Gasteiger partial charge in [0.1, 0.15) is 73.2 Å². The molecule has 5 aromatic carbocycles. The maximum absolute atomic E-state index is 15.2. The number of hydrogen-bond donors (Lipinski definition) is 3. The van der Waals surface area contributed by atoms with Crippen molar-refractivity contribution in [1.29, 1.82) is 0 Å². The molecule has 5 saturated heterocycles. The first-order chi connectivity index (χ1) is 48.7. The molecule has 1 amide bonds. The third kappa shape index (κ3) is 23.1. The summed E-state index contributed by atoms with van der Waals surface area (Å²) in [5.74, 6) is -1.30. The van der Waals surface area contributed by atoms with Crippen molar-refractivity contribution in [2.75, 3.05) is 59.4 Å². The first kappa shape index (κ1) is 79.6. The smallest absolute Gasteiger partial charge is 0.387 e. The minimum atomic E-state index is -4.77. The number of amides is 1. The lowest BCUT2D eigenvalue weighted by Gasteiger charge is -2.59. The Morgan fingerprint density at radius 2 is 1.08 bits per heavy atom. The summed E-state index contributed by atoms with van der Waals surface area (Å²) < 4.78 is 121. The van der Waals surface area contributed by atoms with E-state index in [0.717, 1.165) is 27.8 Å². The highest BCUT2D eigenvalue weighted by molar-refractivity contribution is 7.48. The molecule has 5 aliphatic rings. The summed E-state index contributed by atoms with van der Waals surface area (Å²) >= 11 is 37.7. The molecule has 25 nitrogen and oxygen atoms in total. The number of nitrogens with zero attached hydrogens (tertiary/aromatic N) is 3. The Hall–Kier alpha value is -3.91. The topological polar surface area (TPSA) is 292 Å². The number of phosphoric acid groups is 1. The lowest BCUT2D eigenvalue weighted by atomic mass is 9.73. The molecule has 32 heteroatoms. The van der Waals surface area contributed by atoms with Crippen LogP contribution in [0.5, 0.6) is 0 Å². The fourth-order valence-electron chi connectivity index (χ4n) is 12.2. The Kier molecular flexibility index (Phi) is 30.4. The second kappa shape index (κ2) is 38.6. The zero-order valence-corrected chi connectivity index (χ0v) is 60.7. The van der Waals surface area contributed by atoms with Crippen molar-refractivity contribution < 1.29 is 99.5 Å². The molecule has 552 valence electrons. The van der Waals surface area contributed by atoms with Gasteiger partial charge in [-0.1, -0.05) is 226 Å². The molecule has 0 spiro atoms. The van der Waals surface area contributed by atoms with E-state index >= 15 is 5.11 Å². The molecule has 0 bridgehead atoms. The second-order valence-corrected chi connectivity index (χ2v) is 31.0. The third-order valence-corrected chi connectivity index (χ3v) is 19.6. The lowest BCUT2D eigenvalue weighted by Crippen LogP contribution is -2.82. The second-order valence-electron chi connectivity index (χ2n) is 24.6. The number of aliphatic hydroxyl groups excluding tert-OH is 1. The molecule has 19 atom stereocenters. The van der Waals surface area contributed by atoms with Crippen molar-refractivity contribution in [3.63, 3.8) is 0 Å². The summed E-state index contributed by atoms with van der Waals surface area (Å²) in [6.45, 7) is 2.14. The van der Waals surface area contributed by atoms with Crippen molar-refractivity contribution >= 4 is 83.3 Å². The predicted octanol–water partition coefficient (Wildman–Crippen LogP) is 11.3. The fraction of sp³-hybridized carbons (Fsp3) is 0.551. The normalized spacial score (nSPS) is 31.5. The van der Waals surface area contributed by atoms with Crippen molar-refractivity contribution in [1.82, 2.24) is 5.32 Å². The van der Waals surface area contributed by atoms with Crippen LogP contribution in [0.4, 0.5) is 0 Å². The van der Waals surface area contributed by atoms with Gasteiger partial charge in [-0.15, -0.1) is 0 Å². The molecule has 1 unspecified atom stereocenters. The van der Waals surface area contributed by atoms with Crippen LogP contribution in [0.3, 0.4) is 0 Å². The van der Waals surface area contributed by atoms with E-state index in [1.807, 2.05) is 152 Å². The van der Waals surface area contributed by atoms with Crippen LogP contribution in [0.25, 0.3) is 10.4 Å². The van der Waals surface area contributed by atoms with E-state index in [-0.39, 0.29) is 85.5 Å². The molecular weight excluding hydrogens is 1460 g/mol. The van der Waals surface area contributed by atoms with Gasteiger partial charge in [-0.05, 0) is 47.2 Å². The van der Waals surface area contributed by atoms with Crippen LogP contribution in [-0.2, 0) is 122 Å². The Morgan fingerprint density at radius 3 is 1.56 bits per heavy atom. The van der Waals surface area contributed by atoms with E-state index in [9.17, 15) is 14.5 Å². The number of azide groups is 1. The van der Waals surface area contributed by atoms with E-state index in [1.165, 1.54) is 0 Å². The highest BCUT2D eigenvalue weighted by Gasteiger charge is 2.69. The van der Waals surface area contributed by atoms with Crippen LogP contribution >= 0.6 is 77.4 Å². The number of alkyl halides is 6. The van der Waals surface area contributed by atoms with Crippen LogP contribution in [0.15, 0.2) is 157 Å². The van der Waals surface area contributed by atoms with Gasteiger partial charge in [0, 0.05) is 24.3 Å². The number of rotatable bonds is 34. The standard InChI is InChI=1S/C69H83Cl6N4O21P/c1-44-51(88-37-47-20-10-4-11-21-47)34-53(90-39-49-24-14-6-15-25-49)63(94-44)98-59-57(80)58-55(42-92-101(83,100-58)93-43-67(70,71)72)96-62(59)68(82)60(78-66(81)69(73,74)75)65(87-33-32-85-31-30-84-29-28-77-79-76)97-56(41-86-36-46-18-8-3-9-19-46)61(68)99-64-54(91-40-50-26-16-7-17-27-50)35-52(45(2)95-64)89-38-48-22-12-5-13-23-48/h3-27,44-45,51-65,80,82H,28-43H2,1-2H3,(H,78,81)/t44-,45-,51-,52-,53-,54-,55+,56+,57-,58-,59+,60-,61+,62+,63-,64-,65+,68+,101?/m0/s1. The molecule has 5 aromatic rings. The first-order valence-electron chi connectivity index (χ1n) is 33.0. The summed E-state index contributed by atoms with van der Waals surface area (Å²) in [6, 6.07) is 45.1. The summed E-state index contributed by atoms with van der Waals surface area (Å²) in [4.78, 5) is 17.5. The minimum absolute atomic E-state index is 0.00930. The van der Waals surface area contributed by atoms with Gasteiger partial charge in [0.25, 0.3) is 9.70 Å². The molecule has 0 aromatic heterocycles. The van der Waals surface area contributed by atoms with Gasteiger partial charge in [0.2, 0.25) is 3.79 Å². The van der Waals surface area contributed by atoms with E-state index in [0.29, 0.717) is 0 Å². The Balaban J connectivity index is 1.10. The van der Waals surface area contributed by atoms with Crippen LogP contribution in [0.2, 0.25) is 0 Å². The number of halogens is 6. The van der Waals surface area contributed by atoms with Crippen molar-refractivity contribution in [3.05, 3.63) is 190 Å². The SMILES string of the molecule is C[C@@H]1O[C@@H](O[C@@H]2[C@@H](O)[C@H]3OP(=O)(OCC(Cl)(Cl)Cl)OC[C@H]3O[C@H]2[C@]2(O)[C@H](O[C@@H]3O[C@@H](C)[C@@H](OCc4ccccc4)C[C@@H]3OCc3ccccc3)[C@@H](COCc3ccccc3)O[C@@H](OCCOCCOCCN=[N+]=[N-])[C@@H]2NC(=O)C(Cl)(Cl)Cl)[C@@H](OCc2ccccc2)C[C@@H]1OCc1ccccc1. The molecule has 5 heterocycles. The van der Waals surface area contributed by atoms with Crippen molar-refractivity contribution in [3.8, 4) is 0 Å². The van der Waals surface area contributed by atoms with Crippen molar-refractivity contribution in [2.24, 2.45) is 5.11 Å². The monoisotopic (exact) mass is 1540 g/mol.